The Bertz CT molecular complexity index is 338. The van der Waals surface area contributed by atoms with Crippen LogP contribution in [0.4, 0.5) is 0 Å². The van der Waals surface area contributed by atoms with Gasteiger partial charge < -0.3 is 0 Å². The van der Waals surface area contributed by atoms with Crippen LogP contribution in [0.15, 0.2) is 30.3 Å². The molecule has 0 bridgehead atoms. The first-order valence-corrected chi connectivity index (χ1v) is 4.87. The number of hydrogen-bond acceptors (Lipinski definition) is 1. The Morgan fingerprint density at radius 1 is 1.29 bits per heavy atom. The molecule has 0 aromatic heterocycles. The monoisotopic (exact) mass is 185 g/mol. The van der Waals surface area contributed by atoms with Crippen molar-refractivity contribution >= 4 is 6.08 Å². The van der Waals surface area contributed by atoms with Crippen LogP contribution in [0.1, 0.15) is 25.0 Å². The largest absolute Gasteiger partial charge is 0.193 e. The highest BCUT2D eigenvalue weighted by atomic mass is 14.2. The third-order valence-corrected chi connectivity index (χ3v) is 1.97. The van der Waals surface area contributed by atoms with Gasteiger partial charge >= 0.3 is 0 Å². The van der Waals surface area contributed by atoms with Crippen molar-refractivity contribution in [1.29, 1.82) is 5.26 Å². The molecule has 0 aliphatic rings. The molecule has 0 saturated carbocycles. The minimum atomic E-state index is 0.690. The van der Waals surface area contributed by atoms with E-state index in [-0.39, 0.29) is 0 Å². The minimum absolute atomic E-state index is 0.690. The van der Waals surface area contributed by atoms with Crippen molar-refractivity contribution in [2.45, 2.75) is 20.3 Å². The minimum Gasteiger partial charge on any atom is -0.193 e. The molecule has 0 N–H and O–H groups in total. The van der Waals surface area contributed by atoms with E-state index >= 15 is 0 Å². The second-order valence-corrected chi connectivity index (χ2v) is 3.80. The Labute approximate surface area is 85.7 Å². The highest BCUT2D eigenvalue weighted by Gasteiger charge is 1.96. The third-order valence-electron chi connectivity index (χ3n) is 1.97. The van der Waals surface area contributed by atoms with Gasteiger partial charge in [-0.25, -0.2) is 0 Å². The summed E-state index contributed by atoms with van der Waals surface area (Å²) in [5.74, 6) is 0.690. The maximum Gasteiger partial charge on any atom is 0.0912 e. The molecule has 1 heteroatoms. The van der Waals surface area contributed by atoms with E-state index in [9.17, 15) is 0 Å². The van der Waals surface area contributed by atoms with Gasteiger partial charge in [-0.05, 0) is 29.5 Å². The van der Waals surface area contributed by atoms with E-state index in [4.69, 9.17) is 5.26 Å². The fourth-order valence-electron chi connectivity index (χ4n) is 1.37. The first kappa shape index (κ1) is 10.5. The topological polar surface area (TPSA) is 23.8 Å². The van der Waals surface area contributed by atoms with Crippen molar-refractivity contribution in [3.8, 4) is 6.07 Å². The normalized spacial score (nSPS) is 10.7. The van der Waals surface area contributed by atoms with Crippen molar-refractivity contribution < 1.29 is 0 Å². The number of benzene rings is 1. The van der Waals surface area contributed by atoms with E-state index in [0.717, 1.165) is 12.0 Å². The fourth-order valence-corrected chi connectivity index (χ4v) is 1.37. The molecule has 0 radical (unpaired) electrons. The van der Waals surface area contributed by atoms with Crippen LogP contribution < -0.4 is 0 Å². The summed E-state index contributed by atoms with van der Waals surface area (Å²) >= 11 is 0. The molecule has 1 aromatic carbocycles. The van der Waals surface area contributed by atoms with Gasteiger partial charge in [0.2, 0.25) is 0 Å². The highest BCUT2D eigenvalue weighted by Crippen LogP contribution is 2.10. The van der Waals surface area contributed by atoms with E-state index in [1.165, 1.54) is 11.6 Å². The standard InChI is InChI=1S/C13H15N/c1-11(2)10-13-7-5-12(6-8-13)4-3-9-14/h3-8,11H,10H2,1-2H3. The molecule has 1 rings (SSSR count). The summed E-state index contributed by atoms with van der Waals surface area (Å²) in [5.41, 5.74) is 2.44. The molecular weight excluding hydrogens is 170 g/mol. The van der Waals surface area contributed by atoms with Crippen molar-refractivity contribution in [1.82, 2.24) is 0 Å². The molecule has 0 aliphatic carbocycles. The molecule has 0 spiro atoms. The summed E-state index contributed by atoms with van der Waals surface area (Å²) in [4.78, 5) is 0. The van der Waals surface area contributed by atoms with Gasteiger partial charge in [-0.1, -0.05) is 38.1 Å². The fraction of sp³-hybridized carbons (Fsp3) is 0.308. The van der Waals surface area contributed by atoms with Crippen molar-refractivity contribution in [2.75, 3.05) is 0 Å². The molecule has 72 valence electrons. The summed E-state index contributed by atoms with van der Waals surface area (Å²) in [6, 6.07) is 10.3. The van der Waals surface area contributed by atoms with Crippen LogP contribution in [0.3, 0.4) is 0 Å². The molecule has 0 aliphatic heterocycles. The van der Waals surface area contributed by atoms with Gasteiger partial charge in [0.1, 0.15) is 0 Å². The lowest BCUT2D eigenvalue weighted by molar-refractivity contribution is 0.647. The second kappa shape index (κ2) is 5.24. The molecule has 14 heavy (non-hydrogen) atoms. The average Bonchev–Trinajstić information content (AvgIpc) is 2.16. The van der Waals surface area contributed by atoms with Gasteiger partial charge in [0.05, 0.1) is 6.07 Å². The SMILES string of the molecule is CC(C)Cc1ccc(C=CC#N)cc1. The maximum absolute atomic E-state index is 8.36. The van der Waals surface area contributed by atoms with Crippen LogP contribution in [-0.2, 0) is 6.42 Å². The first-order chi connectivity index (χ1) is 6.72. The predicted octanol–water partition coefficient (Wildman–Crippen LogP) is 3.42. The zero-order valence-electron chi connectivity index (χ0n) is 8.70. The van der Waals surface area contributed by atoms with Crippen LogP contribution in [0.5, 0.6) is 0 Å². The number of nitriles is 1. The maximum atomic E-state index is 8.36. The number of hydrogen-bond donors (Lipinski definition) is 0. The lowest BCUT2D eigenvalue weighted by Gasteiger charge is -2.04. The van der Waals surface area contributed by atoms with Crippen molar-refractivity contribution in [3.63, 3.8) is 0 Å². The van der Waals surface area contributed by atoms with E-state index in [1.54, 1.807) is 0 Å². The quantitative estimate of drug-likeness (QED) is 0.662. The molecule has 1 nitrogen and oxygen atoms in total. The number of nitrogens with zero attached hydrogens (tertiary/aromatic N) is 1. The van der Waals surface area contributed by atoms with Gasteiger partial charge in [0.15, 0.2) is 0 Å². The van der Waals surface area contributed by atoms with E-state index in [2.05, 4.69) is 26.0 Å². The predicted molar refractivity (Wildman–Crippen MR) is 59.6 cm³/mol. The van der Waals surface area contributed by atoms with E-state index < -0.39 is 0 Å². The van der Waals surface area contributed by atoms with Crippen LogP contribution in [0.2, 0.25) is 0 Å². The Hall–Kier alpha value is -1.55. The van der Waals surface area contributed by atoms with Gasteiger partial charge in [-0.3, -0.25) is 0 Å². The molecular formula is C13H15N. The Morgan fingerprint density at radius 3 is 2.43 bits per heavy atom. The molecule has 0 amide bonds. The van der Waals surface area contributed by atoms with Gasteiger partial charge in [0.25, 0.3) is 0 Å². The van der Waals surface area contributed by atoms with Gasteiger partial charge in [-0.15, -0.1) is 0 Å². The zero-order valence-corrected chi connectivity index (χ0v) is 8.70. The van der Waals surface area contributed by atoms with Crippen LogP contribution in [0, 0.1) is 17.2 Å². The number of allylic oxidation sites excluding steroid dienone is 1. The van der Waals surface area contributed by atoms with Gasteiger partial charge in [-0.2, -0.15) is 5.26 Å². The third kappa shape index (κ3) is 3.45. The molecule has 0 atom stereocenters. The van der Waals surface area contributed by atoms with E-state index in [1.807, 2.05) is 24.3 Å². The molecule has 0 unspecified atom stereocenters. The van der Waals surface area contributed by atoms with E-state index in [0.29, 0.717) is 5.92 Å². The van der Waals surface area contributed by atoms with Gasteiger partial charge in [0, 0.05) is 6.08 Å². The molecule has 0 heterocycles. The first-order valence-electron chi connectivity index (χ1n) is 4.87. The van der Waals surface area contributed by atoms with Crippen LogP contribution in [0.25, 0.3) is 6.08 Å². The molecule has 1 aromatic rings. The smallest absolute Gasteiger partial charge is 0.0912 e. The second-order valence-electron chi connectivity index (χ2n) is 3.80. The Kier molecular flexibility index (Phi) is 3.94. The van der Waals surface area contributed by atoms with Crippen molar-refractivity contribution in [2.24, 2.45) is 5.92 Å². The summed E-state index contributed by atoms with van der Waals surface area (Å²) in [6.07, 6.45) is 4.43. The average molecular weight is 185 g/mol. The lowest BCUT2D eigenvalue weighted by Crippen LogP contribution is -1.93. The summed E-state index contributed by atoms with van der Waals surface area (Å²) in [7, 11) is 0. The molecule has 0 saturated heterocycles. The Morgan fingerprint density at radius 2 is 1.93 bits per heavy atom. The highest BCUT2D eigenvalue weighted by molar-refractivity contribution is 5.52. The van der Waals surface area contributed by atoms with Crippen molar-refractivity contribution in [3.05, 3.63) is 41.5 Å². The zero-order chi connectivity index (χ0) is 10.4. The van der Waals surface area contributed by atoms with Crippen LogP contribution in [-0.4, -0.2) is 0 Å². The lowest BCUT2D eigenvalue weighted by atomic mass is 10.0. The number of rotatable bonds is 3. The summed E-state index contributed by atoms with van der Waals surface area (Å²) in [5, 5.41) is 8.36. The summed E-state index contributed by atoms with van der Waals surface area (Å²) < 4.78 is 0. The Balaban J connectivity index is 2.69. The molecule has 0 fully saturated rings. The van der Waals surface area contributed by atoms with Crippen LogP contribution >= 0.6 is 0 Å². The summed E-state index contributed by atoms with van der Waals surface area (Å²) in [6.45, 7) is 4.42.